The van der Waals surface area contributed by atoms with Gasteiger partial charge in [-0.3, -0.25) is 9.59 Å². The fourth-order valence-electron chi connectivity index (χ4n) is 2.63. The van der Waals surface area contributed by atoms with Crippen molar-refractivity contribution in [2.24, 2.45) is 0 Å². The molecule has 0 radical (unpaired) electrons. The van der Waals surface area contributed by atoms with E-state index in [1.165, 1.54) is 0 Å². The molecule has 0 bridgehead atoms. The van der Waals surface area contributed by atoms with E-state index in [-0.39, 0.29) is 18.4 Å². The first kappa shape index (κ1) is 19.2. The van der Waals surface area contributed by atoms with Crippen LogP contribution in [0.4, 0.5) is 11.4 Å². The molecule has 3 aromatic carbocycles. The largest absolute Gasteiger partial charge is 0.483 e. The van der Waals surface area contributed by atoms with E-state index < -0.39 is 0 Å². The van der Waals surface area contributed by atoms with E-state index in [1.807, 2.05) is 50.2 Å². The Kier molecular flexibility index (Phi) is 6.07. The van der Waals surface area contributed by atoms with Gasteiger partial charge in [0.1, 0.15) is 5.75 Å². The van der Waals surface area contributed by atoms with Gasteiger partial charge in [0, 0.05) is 16.9 Å². The van der Waals surface area contributed by atoms with Gasteiger partial charge >= 0.3 is 0 Å². The van der Waals surface area contributed by atoms with Gasteiger partial charge in [-0.2, -0.15) is 0 Å². The normalized spacial score (nSPS) is 10.2. The number of hydrogen-bond acceptors (Lipinski definition) is 3. The van der Waals surface area contributed by atoms with E-state index in [4.69, 9.17) is 4.74 Å². The number of nitrogens with one attached hydrogen (secondary N) is 2. The molecule has 5 nitrogen and oxygen atoms in total. The molecule has 0 fully saturated rings. The Hall–Kier alpha value is -3.60. The van der Waals surface area contributed by atoms with Crippen LogP contribution in [0.5, 0.6) is 5.75 Å². The van der Waals surface area contributed by atoms with Crippen molar-refractivity contribution >= 4 is 23.2 Å². The van der Waals surface area contributed by atoms with Crippen molar-refractivity contribution in [2.75, 3.05) is 17.2 Å². The zero-order valence-electron chi connectivity index (χ0n) is 15.9. The quantitative estimate of drug-likeness (QED) is 0.664. The van der Waals surface area contributed by atoms with Crippen LogP contribution in [0.25, 0.3) is 0 Å². The number of aryl methyl sites for hydroxylation is 2. The summed E-state index contributed by atoms with van der Waals surface area (Å²) in [7, 11) is 0. The summed E-state index contributed by atoms with van der Waals surface area (Å²) in [4.78, 5) is 24.3. The number of carbonyl (C=O) groups is 2. The van der Waals surface area contributed by atoms with Crippen LogP contribution in [0.2, 0.25) is 0 Å². The maximum atomic E-state index is 12.2. The average molecular weight is 374 g/mol. The Balaban J connectivity index is 1.53. The molecule has 0 aromatic heterocycles. The molecule has 0 aliphatic carbocycles. The fraction of sp³-hybridized carbons (Fsp3) is 0.130. The Morgan fingerprint density at radius 2 is 1.46 bits per heavy atom. The van der Waals surface area contributed by atoms with Gasteiger partial charge in [-0.15, -0.1) is 0 Å². The molecule has 2 amide bonds. The van der Waals surface area contributed by atoms with Crippen molar-refractivity contribution in [1.82, 2.24) is 0 Å². The van der Waals surface area contributed by atoms with Crippen LogP contribution < -0.4 is 15.4 Å². The summed E-state index contributed by atoms with van der Waals surface area (Å²) >= 11 is 0. The molecular formula is C23H22N2O3. The molecule has 142 valence electrons. The first-order valence-electron chi connectivity index (χ1n) is 8.97. The monoisotopic (exact) mass is 374 g/mol. The van der Waals surface area contributed by atoms with Gasteiger partial charge in [0.15, 0.2) is 6.61 Å². The number of amides is 2. The lowest BCUT2D eigenvalue weighted by molar-refractivity contribution is -0.118. The van der Waals surface area contributed by atoms with Crippen molar-refractivity contribution < 1.29 is 14.3 Å². The lowest BCUT2D eigenvalue weighted by Gasteiger charge is -2.11. The smallest absolute Gasteiger partial charge is 0.262 e. The third kappa shape index (κ3) is 5.20. The van der Waals surface area contributed by atoms with Crippen LogP contribution >= 0.6 is 0 Å². The van der Waals surface area contributed by atoms with Crippen molar-refractivity contribution in [2.45, 2.75) is 13.8 Å². The number of ether oxygens (including phenoxy) is 1. The highest BCUT2D eigenvalue weighted by molar-refractivity contribution is 6.04. The minimum absolute atomic E-state index is 0.0726. The summed E-state index contributed by atoms with van der Waals surface area (Å²) in [5, 5.41) is 5.60. The highest BCUT2D eigenvalue weighted by Crippen LogP contribution is 2.19. The second-order valence-electron chi connectivity index (χ2n) is 6.50. The molecular weight excluding hydrogens is 352 g/mol. The number of anilines is 2. The highest BCUT2D eigenvalue weighted by atomic mass is 16.5. The van der Waals surface area contributed by atoms with Crippen molar-refractivity contribution in [3.05, 3.63) is 89.5 Å². The van der Waals surface area contributed by atoms with Crippen molar-refractivity contribution in [3.8, 4) is 5.75 Å². The van der Waals surface area contributed by atoms with Gasteiger partial charge in [0.05, 0.1) is 0 Å². The topological polar surface area (TPSA) is 67.4 Å². The molecule has 3 aromatic rings. The minimum Gasteiger partial charge on any atom is -0.483 e. The van der Waals surface area contributed by atoms with Gasteiger partial charge in [-0.05, 0) is 67.4 Å². The lowest BCUT2D eigenvalue weighted by Crippen LogP contribution is -2.20. The summed E-state index contributed by atoms with van der Waals surface area (Å²) in [5.41, 5.74) is 3.93. The lowest BCUT2D eigenvalue weighted by atomic mass is 10.1. The molecule has 0 spiro atoms. The Morgan fingerprint density at radius 1 is 0.821 bits per heavy atom. The highest BCUT2D eigenvalue weighted by Gasteiger charge is 2.08. The van der Waals surface area contributed by atoms with E-state index in [0.717, 1.165) is 11.1 Å². The molecule has 5 heteroatoms. The standard InChI is InChI=1S/C23H22N2O3/c1-16-8-9-17(2)21(14-16)28-15-22(26)24-19-10-12-20(13-11-19)25-23(27)18-6-4-3-5-7-18/h3-14H,15H2,1-2H3,(H,24,26)(H,25,27). The molecule has 0 saturated heterocycles. The first-order chi connectivity index (χ1) is 13.5. The molecule has 2 N–H and O–H groups in total. The fourth-order valence-corrected chi connectivity index (χ4v) is 2.63. The number of rotatable bonds is 6. The van der Waals surface area contributed by atoms with Gasteiger partial charge in [0.2, 0.25) is 0 Å². The minimum atomic E-state index is -0.248. The summed E-state index contributed by atoms with van der Waals surface area (Å²) in [5.74, 6) is 0.274. The maximum absolute atomic E-state index is 12.2. The van der Waals surface area contributed by atoms with Crippen LogP contribution in [0, 0.1) is 13.8 Å². The molecule has 0 aliphatic rings. The van der Waals surface area contributed by atoms with Crippen molar-refractivity contribution in [3.63, 3.8) is 0 Å². The molecule has 0 aliphatic heterocycles. The summed E-state index contributed by atoms with van der Waals surface area (Å²) in [6, 6.07) is 21.8. The summed E-state index contributed by atoms with van der Waals surface area (Å²) < 4.78 is 5.61. The van der Waals surface area contributed by atoms with Crippen LogP contribution in [0.1, 0.15) is 21.5 Å². The van der Waals surface area contributed by atoms with E-state index in [0.29, 0.717) is 22.7 Å². The second kappa shape index (κ2) is 8.86. The predicted octanol–water partition coefficient (Wildman–Crippen LogP) is 4.57. The molecule has 0 unspecified atom stereocenters. The van der Waals surface area contributed by atoms with Gasteiger partial charge in [0.25, 0.3) is 11.8 Å². The first-order valence-corrected chi connectivity index (χ1v) is 8.97. The van der Waals surface area contributed by atoms with E-state index in [9.17, 15) is 9.59 Å². The van der Waals surface area contributed by atoms with Crippen LogP contribution in [-0.2, 0) is 4.79 Å². The summed E-state index contributed by atoms with van der Waals surface area (Å²) in [6.45, 7) is 3.84. The van der Waals surface area contributed by atoms with Crippen LogP contribution in [0.15, 0.2) is 72.8 Å². The second-order valence-corrected chi connectivity index (χ2v) is 6.50. The van der Waals surface area contributed by atoms with Gasteiger partial charge < -0.3 is 15.4 Å². The molecule has 0 atom stereocenters. The van der Waals surface area contributed by atoms with Gasteiger partial charge in [-0.25, -0.2) is 0 Å². The number of carbonyl (C=O) groups excluding carboxylic acids is 2. The summed E-state index contributed by atoms with van der Waals surface area (Å²) in [6.07, 6.45) is 0. The van der Waals surface area contributed by atoms with Crippen LogP contribution in [-0.4, -0.2) is 18.4 Å². The van der Waals surface area contributed by atoms with E-state index in [2.05, 4.69) is 10.6 Å². The number of benzene rings is 3. The Morgan fingerprint density at radius 3 is 2.14 bits per heavy atom. The predicted molar refractivity (Wildman–Crippen MR) is 111 cm³/mol. The average Bonchev–Trinajstić information content (AvgIpc) is 2.71. The zero-order valence-corrected chi connectivity index (χ0v) is 15.9. The Bertz CT molecular complexity index is 967. The molecule has 0 saturated carbocycles. The van der Waals surface area contributed by atoms with Crippen LogP contribution in [0.3, 0.4) is 0 Å². The maximum Gasteiger partial charge on any atom is 0.262 e. The number of hydrogen-bond donors (Lipinski definition) is 2. The van der Waals surface area contributed by atoms with E-state index >= 15 is 0 Å². The van der Waals surface area contributed by atoms with Crippen molar-refractivity contribution in [1.29, 1.82) is 0 Å². The van der Waals surface area contributed by atoms with E-state index in [1.54, 1.807) is 36.4 Å². The SMILES string of the molecule is Cc1ccc(C)c(OCC(=O)Nc2ccc(NC(=O)c3ccccc3)cc2)c1. The molecule has 28 heavy (non-hydrogen) atoms. The molecule has 3 rings (SSSR count). The Labute approximate surface area is 164 Å². The zero-order chi connectivity index (χ0) is 19.9. The third-order valence-corrected chi connectivity index (χ3v) is 4.16. The van der Waals surface area contributed by atoms with Gasteiger partial charge in [-0.1, -0.05) is 30.3 Å². The molecule has 0 heterocycles. The third-order valence-electron chi connectivity index (χ3n) is 4.16.